The maximum Gasteiger partial charge on any atom is 0.209 e. The first-order valence-corrected chi connectivity index (χ1v) is 12.0. The smallest absolute Gasteiger partial charge is 0.209 e. The van der Waals surface area contributed by atoms with Crippen LogP contribution in [-0.4, -0.2) is 68.3 Å². The van der Waals surface area contributed by atoms with Gasteiger partial charge in [0.15, 0.2) is 23.2 Å². The Labute approximate surface area is 173 Å². The van der Waals surface area contributed by atoms with Gasteiger partial charge in [-0.3, -0.25) is 4.57 Å². The molecule has 2 aromatic heterocycles. The van der Waals surface area contributed by atoms with E-state index >= 15 is 0 Å². The number of aliphatic hydroxyl groups is 2. The summed E-state index contributed by atoms with van der Waals surface area (Å²) in [5, 5.41) is 29.4. The van der Waals surface area contributed by atoms with Gasteiger partial charge in [0.2, 0.25) is 10.0 Å². The minimum atomic E-state index is -3.70. The van der Waals surface area contributed by atoms with Gasteiger partial charge in [0.1, 0.15) is 18.5 Å². The Morgan fingerprint density at radius 3 is 2.73 bits per heavy atom. The van der Waals surface area contributed by atoms with E-state index < -0.39 is 34.6 Å². The number of imidazole rings is 1. The molecule has 1 aliphatic heterocycles. The van der Waals surface area contributed by atoms with E-state index in [0.717, 1.165) is 12.3 Å². The predicted octanol–water partition coefficient (Wildman–Crippen LogP) is -0.275. The standard InChI is InChI=1S/C18H26N6O5S/c19-30(27,28)4-3-12-14(25)15(26)18(29-12)24-8-22-13-16(20-7-21-17(13)24)23-11-6-9-1-2-10(11)5-9/h7-12,14-15,18,25-26H,1-6H2,(H2,19,27,28)(H,20,21,23)/t9?,10?,11?,12-,14+,15-,18-/m1/s1. The molecule has 11 nitrogen and oxygen atoms in total. The van der Waals surface area contributed by atoms with Crippen LogP contribution in [0.5, 0.6) is 0 Å². The van der Waals surface area contributed by atoms with E-state index in [1.54, 1.807) is 4.57 Å². The number of aliphatic hydroxyl groups excluding tert-OH is 2. The molecule has 0 aromatic carbocycles. The summed E-state index contributed by atoms with van der Waals surface area (Å²) in [5.74, 6) is 1.76. The quantitative estimate of drug-likeness (QED) is 0.474. The maximum atomic E-state index is 11.2. The highest BCUT2D eigenvalue weighted by Crippen LogP contribution is 2.45. The number of hydrogen-bond donors (Lipinski definition) is 4. The van der Waals surface area contributed by atoms with E-state index in [1.807, 2.05) is 0 Å². The maximum absolute atomic E-state index is 11.2. The van der Waals surface area contributed by atoms with E-state index in [0.29, 0.717) is 28.9 Å². The SMILES string of the molecule is NS(=O)(=O)CC[C@H]1O[C@@H](n2cnc3c(NC4CC5CCC4C5)ncnc32)[C@H](O)[C@H]1O. The molecule has 3 unspecified atom stereocenters. The summed E-state index contributed by atoms with van der Waals surface area (Å²) in [4.78, 5) is 13.1. The molecule has 2 saturated carbocycles. The molecule has 3 aliphatic rings. The van der Waals surface area contributed by atoms with E-state index in [9.17, 15) is 18.6 Å². The molecule has 7 atom stereocenters. The number of primary sulfonamides is 1. The first kappa shape index (κ1) is 20.1. The van der Waals surface area contributed by atoms with Gasteiger partial charge in [0.05, 0.1) is 18.2 Å². The van der Waals surface area contributed by atoms with Gasteiger partial charge in [0, 0.05) is 6.04 Å². The molecule has 3 heterocycles. The summed E-state index contributed by atoms with van der Waals surface area (Å²) in [5.41, 5.74) is 1.04. The van der Waals surface area contributed by atoms with Crippen molar-refractivity contribution in [2.75, 3.05) is 11.1 Å². The third-order valence-electron chi connectivity index (χ3n) is 6.72. The molecular weight excluding hydrogens is 412 g/mol. The van der Waals surface area contributed by atoms with Crippen LogP contribution in [0.3, 0.4) is 0 Å². The second kappa shape index (κ2) is 7.38. The summed E-state index contributed by atoms with van der Waals surface area (Å²) in [6.45, 7) is 0. The molecule has 0 amide bonds. The van der Waals surface area contributed by atoms with E-state index in [2.05, 4.69) is 20.3 Å². The zero-order valence-electron chi connectivity index (χ0n) is 16.3. The summed E-state index contributed by atoms with van der Waals surface area (Å²) in [6.07, 6.45) is 3.54. The highest BCUT2D eigenvalue weighted by atomic mass is 32.2. The van der Waals surface area contributed by atoms with E-state index in [4.69, 9.17) is 9.88 Å². The molecule has 164 valence electrons. The van der Waals surface area contributed by atoms with Gasteiger partial charge < -0.3 is 20.3 Å². The van der Waals surface area contributed by atoms with Crippen LogP contribution in [-0.2, 0) is 14.8 Å². The molecule has 1 saturated heterocycles. The largest absolute Gasteiger partial charge is 0.388 e. The first-order chi connectivity index (χ1) is 14.3. The number of rotatable bonds is 6. The number of aromatic nitrogens is 4. The van der Waals surface area contributed by atoms with Gasteiger partial charge in [-0.05, 0) is 37.5 Å². The van der Waals surface area contributed by atoms with Gasteiger partial charge in [-0.1, -0.05) is 6.42 Å². The normalized spacial score (nSPS) is 36.0. The zero-order valence-corrected chi connectivity index (χ0v) is 17.1. The summed E-state index contributed by atoms with van der Waals surface area (Å²) < 4.78 is 29.8. The Balaban J connectivity index is 1.37. The molecule has 30 heavy (non-hydrogen) atoms. The summed E-state index contributed by atoms with van der Waals surface area (Å²) in [6, 6.07) is 0.379. The molecular formula is C18H26N6O5S. The van der Waals surface area contributed by atoms with Crippen molar-refractivity contribution in [3.8, 4) is 0 Å². The fraction of sp³-hybridized carbons (Fsp3) is 0.722. The van der Waals surface area contributed by atoms with Crippen molar-refractivity contribution in [2.45, 2.75) is 62.7 Å². The lowest BCUT2D eigenvalue weighted by molar-refractivity contribution is -0.0353. The Hall–Kier alpha value is -1.86. The van der Waals surface area contributed by atoms with Gasteiger partial charge in [-0.2, -0.15) is 0 Å². The second-order valence-corrected chi connectivity index (χ2v) is 10.4. The van der Waals surface area contributed by atoms with Crippen LogP contribution in [0.25, 0.3) is 11.2 Å². The fourth-order valence-electron chi connectivity index (χ4n) is 5.22. The highest BCUT2D eigenvalue weighted by molar-refractivity contribution is 7.89. The zero-order chi connectivity index (χ0) is 21.0. The lowest BCUT2D eigenvalue weighted by atomic mass is 9.95. The van der Waals surface area contributed by atoms with Crippen LogP contribution in [0.15, 0.2) is 12.7 Å². The van der Waals surface area contributed by atoms with E-state index in [1.165, 1.54) is 31.9 Å². The Bertz CT molecular complexity index is 1040. The Morgan fingerprint density at radius 1 is 1.20 bits per heavy atom. The van der Waals surface area contributed by atoms with Crippen molar-refractivity contribution in [1.82, 2.24) is 19.5 Å². The van der Waals surface area contributed by atoms with Crippen LogP contribution in [0, 0.1) is 11.8 Å². The monoisotopic (exact) mass is 438 g/mol. The fourth-order valence-corrected chi connectivity index (χ4v) is 5.78. The third kappa shape index (κ3) is 3.56. The van der Waals surface area contributed by atoms with Crippen LogP contribution in [0.2, 0.25) is 0 Å². The van der Waals surface area contributed by atoms with Crippen molar-refractivity contribution in [1.29, 1.82) is 0 Å². The lowest BCUT2D eigenvalue weighted by Gasteiger charge is -2.23. The molecule has 0 spiro atoms. The van der Waals surface area contributed by atoms with E-state index in [-0.39, 0.29) is 12.2 Å². The van der Waals surface area contributed by atoms with Crippen molar-refractivity contribution in [3.63, 3.8) is 0 Å². The number of nitrogens with one attached hydrogen (secondary N) is 1. The molecule has 2 aliphatic carbocycles. The predicted molar refractivity (Wildman–Crippen MR) is 107 cm³/mol. The van der Waals surface area contributed by atoms with Crippen LogP contribution >= 0.6 is 0 Å². The second-order valence-electron chi connectivity index (χ2n) is 8.67. The number of anilines is 1. The molecule has 0 radical (unpaired) electrons. The van der Waals surface area contributed by atoms with Gasteiger partial charge in [-0.25, -0.2) is 28.5 Å². The van der Waals surface area contributed by atoms with Gasteiger partial charge in [0.25, 0.3) is 0 Å². The lowest BCUT2D eigenvalue weighted by Crippen LogP contribution is -2.33. The van der Waals surface area contributed by atoms with Crippen molar-refractivity contribution in [2.24, 2.45) is 17.0 Å². The molecule has 5 rings (SSSR count). The van der Waals surface area contributed by atoms with Gasteiger partial charge >= 0.3 is 0 Å². The average molecular weight is 439 g/mol. The van der Waals surface area contributed by atoms with Gasteiger partial charge in [-0.15, -0.1) is 0 Å². The van der Waals surface area contributed by atoms with Crippen LogP contribution < -0.4 is 10.5 Å². The van der Waals surface area contributed by atoms with Crippen molar-refractivity contribution >= 4 is 27.0 Å². The van der Waals surface area contributed by atoms with Crippen molar-refractivity contribution < 1.29 is 23.4 Å². The number of nitrogens with zero attached hydrogens (tertiary/aromatic N) is 4. The first-order valence-electron chi connectivity index (χ1n) is 10.3. The third-order valence-corrected chi connectivity index (χ3v) is 7.52. The van der Waals surface area contributed by atoms with Crippen LogP contribution in [0.4, 0.5) is 5.82 Å². The number of nitrogens with two attached hydrogens (primary N) is 1. The summed E-state index contributed by atoms with van der Waals surface area (Å²) in [7, 11) is -3.70. The number of ether oxygens (including phenoxy) is 1. The van der Waals surface area contributed by atoms with Crippen molar-refractivity contribution in [3.05, 3.63) is 12.7 Å². The van der Waals surface area contributed by atoms with Crippen LogP contribution in [0.1, 0.15) is 38.3 Å². The molecule has 12 heteroatoms. The number of sulfonamides is 1. The molecule has 3 fully saturated rings. The molecule has 5 N–H and O–H groups in total. The average Bonchev–Trinajstić information content (AvgIpc) is 3.46. The topological polar surface area (TPSA) is 165 Å². The molecule has 2 bridgehead atoms. The Morgan fingerprint density at radius 2 is 2.03 bits per heavy atom. The number of fused-ring (bicyclic) bond motifs is 3. The highest BCUT2D eigenvalue weighted by Gasteiger charge is 2.44. The molecule has 2 aromatic rings. The summed E-state index contributed by atoms with van der Waals surface area (Å²) >= 11 is 0. The number of hydrogen-bond acceptors (Lipinski definition) is 9. The minimum absolute atomic E-state index is 0.0216. The minimum Gasteiger partial charge on any atom is -0.388 e. The Kier molecular flexibility index (Phi) is 4.93.